The number of hydrogen-bond acceptors (Lipinski definition) is 2. The zero-order chi connectivity index (χ0) is 11.0. The topological polar surface area (TPSA) is 43.8 Å². The van der Waals surface area contributed by atoms with Crippen molar-refractivity contribution in [2.75, 3.05) is 5.73 Å². The molecule has 2 unspecified atom stereocenters. The predicted octanol–water partition coefficient (Wildman–Crippen LogP) is 2.77. The van der Waals surface area contributed by atoms with Crippen molar-refractivity contribution in [3.63, 3.8) is 0 Å². The Labute approximate surface area is 91.7 Å². The van der Waals surface area contributed by atoms with Gasteiger partial charge >= 0.3 is 0 Å². The van der Waals surface area contributed by atoms with Crippen LogP contribution in [0.3, 0.4) is 0 Å². The molecule has 0 bridgehead atoms. The minimum absolute atomic E-state index is 0.555. The molecule has 1 aliphatic carbocycles. The predicted molar refractivity (Wildman–Crippen MR) is 62.6 cm³/mol. The molecule has 1 aromatic heterocycles. The number of hydrogen-bond donors (Lipinski definition) is 1. The molecule has 0 saturated heterocycles. The van der Waals surface area contributed by atoms with Crippen LogP contribution < -0.4 is 5.73 Å². The maximum Gasteiger partial charge on any atom is 0.148 e. The number of aryl methyl sites for hydroxylation is 1. The van der Waals surface area contributed by atoms with Crippen LogP contribution in [0.2, 0.25) is 0 Å². The SMILES string of the molecule is Cc1cn(C2CC(C)CC(C)C2)nc1N. The summed E-state index contributed by atoms with van der Waals surface area (Å²) >= 11 is 0. The van der Waals surface area contributed by atoms with Gasteiger partial charge in [-0.15, -0.1) is 0 Å². The average molecular weight is 207 g/mol. The minimum Gasteiger partial charge on any atom is -0.382 e. The summed E-state index contributed by atoms with van der Waals surface area (Å²) in [4.78, 5) is 0. The Morgan fingerprint density at radius 3 is 2.33 bits per heavy atom. The van der Waals surface area contributed by atoms with Crippen molar-refractivity contribution in [3.05, 3.63) is 11.8 Å². The van der Waals surface area contributed by atoms with Crippen LogP contribution in [0.5, 0.6) is 0 Å². The number of nitrogens with two attached hydrogens (primary N) is 1. The zero-order valence-electron chi connectivity index (χ0n) is 9.90. The van der Waals surface area contributed by atoms with Crippen LogP contribution >= 0.6 is 0 Å². The fourth-order valence-electron chi connectivity index (χ4n) is 2.80. The first-order chi connectivity index (χ1) is 7.06. The van der Waals surface area contributed by atoms with Crippen molar-refractivity contribution in [2.24, 2.45) is 11.8 Å². The van der Waals surface area contributed by atoms with E-state index >= 15 is 0 Å². The summed E-state index contributed by atoms with van der Waals surface area (Å²) in [6.45, 7) is 6.69. The molecule has 0 spiro atoms. The Morgan fingerprint density at radius 1 is 1.27 bits per heavy atom. The van der Waals surface area contributed by atoms with Crippen molar-refractivity contribution in [2.45, 2.75) is 46.1 Å². The lowest BCUT2D eigenvalue weighted by atomic mass is 9.80. The highest BCUT2D eigenvalue weighted by atomic mass is 15.3. The molecule has 1 aromatic rings. The first-order valence-corrected chi connectivity index (χ1v) is 5.87. The first kappa shape index (κ1) is 10.5. The second-order valence-corrected chi connectivity index (χ2v) is 5.25. The smallest absolute Gasteiger partial charge is 0.148 e. The summed E-state index contributed by atoms with van der Waals surface area (Å²) < 4.78 is 2.08. The number of aromatic nitrogens is 2. The molecule has 1 fully saturated rings. The molecule has 1 saturated carbocycles. The van der Waals surface area contributed by atoms with Crippen LogP contribution in [0, 0.1) is 18.8 Å². The molecule has 3 nitrogen and oxygen atoms in total. The van der Waals surface area contributed by atoms with Gasteiger partial charge in [-0.3, -0.25) is 4.68 Å². The second-order valence-electron chi connectivity index (χ2n) is 5.25. The van der Waals surface area contributed by atoms with Gasteiger partial charge in [-0.2, -0.15) is 5.10 Å². The van der Waals surface area contributed by atoms with E-state index in [2.05, 4.69) is 29.8 Å². The maximum atomic E-state index is 5.78. The lowest BCUT2D eigenvalue weighted by Gasteiger charge is -2.31. The molecule has 0 aromatic carbocycles. The van der Waals surface area contributed by atoms with Crippen molar-refractivity contribution in [1.29, 1.82) is 0 Å². The third-order valence-electron chi connectivity index (χ3n) is 3.48. The maximum absolute atomic E-state index is 5.78. The van der Waals surface area contributed by atoms with Crippen LogP contribution in [0.4, 0.5) is 5.82 Å². The normalized spacial score (nSPS) is 31.8. The minimum atomic E-state index is 0.555. The van der Waals surface area contributed by atoms with E-state index < -0.39 is 0 Å². The van der Waals surface area contributed by atoms with Gasteiger partial charge in [-0.25, -0.2) is 0 Å². The van der Waals surface area contributed by atoms with Gasteiger partial charge in [0.1, 0.15) is 5.82 Å². The van der Waals surface area contributed by atoms with Gasteiger partial charge in [-0.1, -0.05) is 13.8 Å². The van der Waals surface area contributed by atoms with Crippen molar-refractivity contribution in [1.82, 2.24) is 9.78 Å². The van der Waals surface area contributed by atoms with Gasteiger partial charge in [-0.05, 0) is 38.0 Å². The summed E-state index contributed by atoms with van der Waals surface area (Å²) in [6.07, 6.45) is 5.92. The molecule has 1 aliphatic rings. The van der Waals surface area contributed by atoms with E-state index in [9.17, 15) is 0 Å². The van der Waals surface area contributed by atoms with E-state index in [1.54, 1.807) is 0 Å². The highest BCUT2D eigenvalue weighted by Gasteiger charge is 2.25. The lowest BCUT2D eigenvalue weighted by molar-refractivity contribution is 0.210. The van der Waals surface area contributed by atoms with Gasteiger partial charge in [0.15, 0.2) is 0 Å². The molecule has 3 heteroatoms. The van der Waals surface area contributed by atoms with Gasteiger partial charge in [0.05, 0.1) is 6.04 Å². The molecule has 84 valence electrons. The number of rotatable bonds is 1. The molecular weight excluding hydrogens is 186 g/mol. The van der Waals surface area contributed by atoms with Crippen LogP contribution in [-0.2, 0) is 0 Å². The zero-order valence-corrected chi connectivity index (χ0v) is 9.90. The third-order valence-corrected chi connectivity index (χ3v) is 3.48. The van der Waals surface area contributed by atoms with E-state index in [1.165, 1.54) is 19.3 Å². The number of nitrogen functional groups attached to an aromatic ring is 1. The third kappa shape index (κ3) is 2.16. The van der Waals surface area contributed by atoms with Crippen molar-refractivity contribution in [3.8, 4) is 0 Å². The quantitative estimate of drug-likeness (QED) is 0.769. The summed E-state index contributed by atoms with van der Waals surface area (Å²) in [5, 5.41) is 4.40. The Hall–Kier alpha value is -0.990. The average Bonchev–Trinajstić information content (AvgIpc) is 2.45. The van der Waals surface area contributed by atoms with Crippen LogP contribution in [0.25, 0.3) is 0 Å². The highest BCUT2D eigenvalue weighted by Crippen LogP contribution is 2.35. The highest BCUT2D eigenvalue weighted by molar-refractivity contribution is 5.35. The Morgan fingerprint density at radius 2 is 1.87 bits per heavy atom. The standard InChI is InChI=1S/C12H21N3/c1-8-4-9(2)6-11(5-8)15-7-10(3)12(13)14-15/h7-9,11H,4-6H2,1-3H3,(H2,13,14). The fraction of sp³-hybridized carbons (Fsp3) is 0.750. The van der Waals surface area contributed by atoms with Gasteiger partial charge < -0.3 is 5.73 Å². The first-order valence-electron chi connectivity index (χ1n) is 5.87. The summed E-state index contributed by atoms with van der Waals surface area (Å²) in [7, 11) is 0. The fourth-order valence-corrected chi connectivity index (χ4v) is 2.80. The lowest BCUT2D eigenvalue weighted by Crippen LogP contribution is -2.23. The van der Waals surface area contributed by atoms with E-state index in [4.69, 9.17) is 5.73 Å². The summed E-state index contributed by atoms with van der Waals surface area (Å²) in [6, 6.07) is 0.555. The Balaban J connectivity index is 2.16. The largest absolute Gasteiger partial charge is 0.382 e. The van der Waals surface area contributed by atoms with E-state index in [0.717, 1.165) is 17.4 Å². The van der Waals surface area contributed by atoms with E-state index in [1.807, 2.05) is 6.92 Å². The van der Waals surface area contributed by atoms with Crippen molar-refractivity contribution < 1.29 is 0 Å². The summed E-state index contributed by atoms with van der Waals surface area (Å²) in [5.41, 5.74) is 6.88. The number of nitrogens with zero attached hydrogens (tertiary/aromatic N) is 2. The molecule has 1 heterocycles. The molecule has 15 heavy (non-hydrogen) atoms. The Kier molecular flexibility index (Phi) is 2.72. The number of anilines is 1. The van der Waals surface area contributed by atoms with Crippen LogP contribution in [0.15, 0.2) is 6.20 Å². The van der Waals surface area contributed by atoms with Gasteiger partial charge in [0.25, 0.3) is 0 Å². The molecular formula is C12H21N3. The van der Waals surface area contributed by atoms with Crippen LogP contribution in [0.1, 0.15) is 44.7 Å². The molecule has 0 aliphatic heterocycles. The van der Waals surface area contributed by atoms with E-state index in [0.29, 0.717) is 11.9 Å². The van der Waals surface area contributed by atoms with Crippen LogP contribution in [-0.4, -0.2) is 9.78 Å². The van der Waals surface area contributed by atoms with E-state index in [-0.39, 0.29) is 0 Å². The monoisotopic (exact) mass is 207 g/mol. The van der Waals surface area contributed by atoms with Gasteiger partial charge in [0.2, 0.25) is 0 Å². The molecule has 2 N–H and O–H groups in total. The molecule has 2 atom stereocenters. The molecule has 0 radical (unpaired) electrons. The second kappa shape index (κ2) is 3.87. The molecule has 2 rings (SSSR count). The van der Waals surface area contributed by atoms with Gasteiger partial charge in [0, 0.05) is 11.8 Å². The summed E-state index contributed by atoms with van der Waals surface area (Å²) in [5.74, 6) is 2.30. The molecule has 0 amide bonds. The Bertz CT molecular complexity index is 313. The van der Waals surface area contributed by atoms with Crippen molar-refractivity contribution >= 4 is 5.82 Å².